The van der Waals surface area contributed by atoms with E-state index in [0.29, 0.717) is 42.8 Å². The van der Waals surface area contributed by atoms with Crippen LogP contribution in [0.2, 0.25) is 0 Å². The van der Waals surface area contributed by atoms with Gasteiger partial charge >= 0.3 is 5.97 Å². The third kappa shape index (κ3) is 8.60. The van der Waals surface area contributed by atoms with Crippen LogP contribution < -0.4 is 19.5 Å². The van der Waals surface area contributed by atoms with Crippen molar-refractivity contribution in [3.63, 3.8) is 0 Å². The molecule has 0 saturated carbocycles. The van der Waals surface area contributed by atoms with E-state index in [9.17, 15) is 9.59 Å². The second-order valence-electron chi connectivity index (χ2n) is 8.56. The molecule has 4 rings (SSSR count). The van der Waals surface area contributed by atoms with Crippen molar-refractivity contribution in [2.24, 2.45) is 0 Å². The number of carbonyl (C=O) groups excluding carboxylic acids is 2. The first-order valence-electron chi connectivity index (χ1n) is 12.5. The Morgan fingerprint density at radius 1 is 0.744 bits per heavy atom. The number of rotatable bonds is 13. The van der Waals surface area contributed by atoms with Crippen molar-refractivity contribution < 1.29 is 28.5 Å². The number of hydrogen-bond acceptors (Lipinski definition) is 7. The second kappa shape index (κ2) is 14.2. The van der Waals surface area contributed by atoms with E-state index >= 15 is 0 Å². The molecular formula is C31H30N2O6. The topological polar surface area (TPSA) is 96.0 Å². The molecule has 8 heteroatoms. The van der Waals surface area contributed by atoms with Crippen molar-refractivity contribution in [1.29, 1.82) is 0 Å². The Morgan fingerprint density at radius 3 is 2.10 bits per heavy atom. The van der Waals surface area contributed by atoms with Crippen molar-refractivity contribution in [1.82, 2.24) is 10.3 Å². The van der Waals surface area contributed by atoms with Crippen molar-refractivity contribution >= 4 is 11.9 Å². The summed E-state index contributed by atoms with van der Waals surface area (Å²) in [5, 5.41) is 2.77. The maximum absolute atomic E-state index is 12.9. The number of ether oxygens (including phenoxy) is 4. The minimum atomic E-state index is -0.849. The van der Waals surface area contributed by atoms with Gasteiger partial charge in [-0.15, -0.1) is 0 Å². The lowest BCUT2D eigenvalue weighted by atomic mass is 10.0. The zero-order valence-electron chi connectivity index (χ0n) is 21.6. The Hall–Kier alpha value is -4.85. The Kier molecular flexibility index (Phi) is 9.89. The molecule has 1 heterocycles. The van der Waals surface area contributed by atoms with E-state index in [1.54, 1.807) is 36.5 Å². The average molecular weight is 527 g/mol. The van der Waals surface area contributed by atoms with E-state index in [2.05, 4.69) is 10.3 Å². The zero-order valence-corrected chi connectivity index (χ0v) is 21.6. The molecule has 0 aliphatic rings. The predicted molar refractivity (Wildman–Crippen MR) is 146 cm³/mol. The Bertz CT molecular complexity index is 1310. The summed E-state index contributed by atoms with van der Waals surface area (Å²) in [5.41, 5.74) is 2.32. The third-order valence-electron chi connectivity index (χ3n) is 5.76. The number of methoxy groups -OCH3 is 1. The maximum Gasteiger partial charge on any atom is 0.328 e. The highest BCUT2D eigenvalue weighted by atomic mass is 16.5. The largest absolute Gasteiger partial charge is 0.490 e. The van der Waals surface area contributed by atoms with Gasteiger partial charge in [0.15, 0.2) is 0 Å². The van der Waals surface area contributed by atoms with E-state index in [1.807, 2.05) is 66.7 Å². The van der Waals surface area contributed by atoms with Crippen LogP contribution >= 0.6 is 0 Å². The minimum absolute atomic E-state index is 0.273. The smallest absolute Gasteiger partial charge is 0.328 e. The van der Waals surface area contributed by atoms with Crippen LogP contribution in [0.3, 0.4) is 0 Å². The fourth-order valence-corrected chi connectivity index (χ4v) is 3.72. The van der Waals surface area contributed by atoms with Gasteiger partial charge in [0.05, 0.1) is 7.11 Å². The molecular weight excluding hydrogens is 496 g/mol. The van der Waals surface area contributed by atoms with Gasteiger partial charge in [0.2, 0.25) is 5.88 Å². The first-order chi connectivity index (χ1) is 19.1. The van der Waals surface area contributed by atoms with Crippen molar-refractivity contribution in [2.45, 2.75) is 19.1 Å². The van der Waals surface area contributed by atoms with Crippen LogP contribution in [-0.4, -0.2) is 43.2 Å². The summed E-state index contributed by atoms with van der Waals surface area (Å²) >= 11 is 0. The summed E-state index contributed by atoms with van der Waals surface area (Å²) in [6, 6.07) is 28.5. The van der Waals surface area contributed by atoms with Crippen molar-refractivity contribution in [3.8, 4) is 17.4 Å². The van der Waals surface area contributed by atoms with Gasteiger partial charge < -0.3 is 24.3 Å². The molecule has 1 N–H and O–H groups in total. The highest BCUT2D eigenvalue weighted by Crippen LogP contribution is 2.17. The predicted octanol–water partition coefficient (Wildman–Crippen LogP) is 4.63. The van der Waals surface area contributed by atoms with Crippen LogP contribution in [-0.2, 0) is 22.6 Å². The molecule has 39 heavy (non-hydrogen) atoms. The molecule has 4 aromatic rings. The van der Waals surface area contributed by atoms with Crippen LogP contribution in [0, 0.1) is 0 Å². The Balaban J connectivity index is 1.27. The fraction of sp³-hybridized carbons (Fsp3) is 0.194. The molecule has 0 radical (unpaired) electrons. The van der Waals surface area contributed by atoms with Crippen LogP contribution in [0.1, 0.15) is 21.5 Å². The summed E-state index contributed by atoms with van der Waals surface area (Å²) in [5.74, 6) is 0.918. The molecule has 0 spiro atoms. The molecule has 3 aromatic carbocycles. The van der Waals surface area contributed by atoms with Gasteiger partial charge in [0.1, 0.15) is 37.4 Å². The molecule has 1 aromatic heterocycles. The Labute approximate surface area is 227 Å². The van der Waals surface area contributed by atoms with Crippen molar-refractivity contribution in [3.05, 3.63) is 120 Å². The monoisotopic (exact) mass is 526 g/mol. The average Bonchev–Trinajstić information content (AvgIpc) is 2.99. The van der Waals surface area contributed by atoms with Crippen LogP contribution in [0.15, 0.2) is 103 Å². The molecule has 0 aliphatic heterocycles. The molecule has 0 aliphatic carbocycles. The van der Waals surface area contributed by atoms with Crippen LogP contribution in [0.5, 0.6) is 17.4 Å². The van der Waals surface area contributed by atoms with E-state index in [0.717, 1.165) is 11.1 Å². The molecule has 1 amide bonds. The molecule has 8 nitrogen and oxygen atoms in total. The number of aromatic nitrogens is 1. The number of nitrogens with zero attached hydrogens (tertiary/aromatic N) is 1. The first kappa shape index (κ1) is 27.2. The van der Waals surface area contributed by atoms with Gasteiger partial charge in [-0.05, 0) is 53.6 Å². The molecule has 200 valence electrons. The van der Waals surface area contributed by atoms with Gasteiger partial charge in [-0.25, -0.2) is 9.78 Å². The van der Waals surface area contributed by atoms with Gasteiger partial charge in [0.25, 0.3) is 5.91 Å². The summed E-state index contributed by atoms with van der Waals surface area (Å²) < 4.78 is 21.9. The SMILES string of the molecule is COC(=O)C(Cc1ccc(OCc2ccccc2)cc1)NC(=O)c1ccc(OCCOc2ccccn2)cc1. The number of esters is 1. The van der Waals surface area contributed by atoms with Crippen LogP contribution in [0.25, 0.3) is 0 Å². The van der Waals surface area contributed by atoms with E-state index in [-0.39, 0.29) is 6.42 Å². The van der Waals surface area contributed by atoms with Gasteiger partial charge in [0, 0.05) is 24.2 Å². The first-order valence-corrected chi connectivity index (χ1v) is 12.5. The standard InChI is InChI=1S/C31H30N2O6/c1-36-31(35)28(21-23-10-14-27(15-11-23)39-22-24-7-3-2-4-8-24)33-30(34)25-12-16-26(17-13-25)37-19-20-38-29-9-5-6-18-32-29/h2-18,28H,19-22H2,1H3,(H,33,34). The lowest BCUT2D eigenvalue weighted by molar-refractivity contribution is -0.142. The number of hydrogen-bond donors (Lipinski definition) is 1. The normalized spacial score (nSPS) is 11.2. The third-order valence-corrected chi connectivity index (χ3v) is 5.76. The molecule has 1 unspecified atom stereocenters. The minimum Gasteiger partial charge on any atom is -0.490 e. The fourth-order valence-electron chi connectivity index (χ4n) is 3.72. The van der Waals surface area contributed by atoms with Gasteiger partial charge in [-0.3, -0.25) is 4.79 Å². The van der Waals surface area contributed by atoms with E-state index in [4.69, 9.17) is 18.9 Å². The zero-order chi connectivity index (χ0) is 27.3. The van der Waals surface area contributed by atoms with Crippen molar-refractivity contribution in [2.75, 3.05) is 20.3 Å². The summed E-state index contributed by atoms with van der Waals surface area (Å²) in [6.07, 6.45) is 1.93. The summed E-state index contributed by atoms with van der Waals surface area (Å²) in [4.78, 5) is 29.4. The quantitative estimate of drug-likeness (QED) is 0.200. The number of amides is 1. The molecule has 1 atom stereocenters. The Morgan fingerprint density at radius 2 is 1.41 bits per heavy atom. The highest BCUT2D eigenvalue weighted by molar-refractivity contribution is 5.96. The number of benzene rings is 3. The molecule has 0 fully saturated rings. The van der Waals surface area contributed by atoms with Gasteiger partial charge in [-0.1, -0.05) is 48.5 Å². The maximum atomic E-state index is 12.9. The highest BCUT2D eigenvalue weighted by Gasteiger charge is 2.22. The lowest BCUT2D eigenvalue weighted by Crippen LogP contribution is -2.43. The van der Waals surface area contributed by atoms with E-state index in [1.165, 1.54) is 7.11 Å². The molecule has 0 saturated heterocycles. The number of nitrogens with one attached hydrogen (secondary N) is 1. The van der Waals surface area contributed by atoms with Gasteiger partial charge in [-0.2, -0.15) is 0 Å². The summed E-state index contributed by atoms with van der Waals surface area (Å²) in [6.45, 7) is 1.12. The number of pyridine rings is 1. The summed E-state index contributed by atoms with van der Waals surface area (Å²) in [7, 11) is 1.30. The van der Waals surface area contributed by atoms with E-state index < -0.39 is 17.9 Å². The lowest BCUT2D eigenvalue weighted by Gasteiger charge is -2.17. The van der Waals surface area contributed by atoms with Crippen LogP contribution in [0.4, 0.5) is 0 Å². The second-order valence-corrected chi connectivity index (χ2v) is 8.56. The molecule has 0 bridgehead atoms. The number of carbonyl (C=O) groups is 2.